The number of dihydropyridines is 1. The molecule has 0 bridgehead atoms. The van der Waals surface area contributed by atoms with Crippen molar-refractivity contribution in [2.75, 3.05) is 0 Å². The maximum Gasteiger partial charge on any atom is 0.335 e. The van der Waals surface area contributed by atoms with Crippen molar-refractivity contribution in [2.24, 2.45) is 0 Å². The van der Waals surface area contributed by atoms with E-state index < -0.39 is 5.41 Å². The Morgan fingerprint density at radius 2 is 1.92 bits per heavy atom. The Labute approximate surface area is 214 Å². The van der Waals surface area contributed by atoms with Crippen LogP contribution in [-0.4, -0.2) is 44.5 Å². The van der Waals surface area contributed by atoms with Gasteiger partial charge in [0.1, 0.15) is 6.33 Å². The summed E-state index contributed by atoms with van der Waals surface area (Å²) in [5, 5.41) is 25.9. The quantitative estimate of drug-likeness (QED) is 0.381. The minimum absolute atomic E-state index is 0.139. The van der Waals surface area contributed by atoms with Gasteiger partial charge in [-0.3, -0.25) is 9.13 Å². The standard InChI is InChI=1S/C26H32N10O/c1-5-6-10-21-16-34(23-31-28-18-36(23)25(2,3)4)24(37)35(21)17-26(11-13-27-14-12-26)20-9-7-8-19(15-20)22-29-32-33-30-22/h7-9,11-16,18,27H,5-6,10,17H2,1-4H3,(H,29,30,32,33). The predicted molar refractivity (Wildman–Crippen MR) is 140 cm³/mol. The highest BCUT2D eigenvalue weighted by Gasteiger charge is 2.32. The first kappa shape index (κ1) is 24.4. The van der Waals surface area contributed by atoms with Crippen LogP contribution >= 0.6 is 0 Å². The number of hydrogen-bond acceptors (Lipinski definition) is 7. The van der Waals surface area contributed by atoms with E-state index in [2.05, 4.69) is 88.1 Å². The first-order valence-electron chi connectivity index (χ1n) is 12.5. The molecule has 1 aromatic carbocycles. The Morgan fingerprint density at radius 1 is 1.11 bits per heavy atom. The van der Waals surface area contributed by atoms with Gasteiger partial charge in [0.05, 0.1) is 5.41 Å². The molecule has 0 unspecified atom stereocenters. The van der Waals surface area contributed by atoms with Crippen LogP contribution < -0.4 is 11.0 Å². The molecule has 37 heavy (non-hydrogen) atoms. The second-order valence-electron chi connectivity index (χ2n) is 10.3. The maximum atomic E-state index is 14.0. The lowest BCUT2D eigenvalue weighted by molar-refractivity contribution is 0.389. The molecular weight excluding hydrogens is 468 g/mol. The van der Waals surface area contributed by atoms with E-state index in [1.807, 2.05) is 39.9 Å². The lowest BCUT2D eigenvalue weighted by Crippen LogP contribution is -2.37. The number of aromatic amines is 1. The summed E-state index contributed by atoms with van der Waals surface area (Å²) < 4.78 is 5.43. The molecule has 1 aliphatic rings. The van der Waals surface area contributed by atoms with E-state index in [1.165, 1.54) is 0 Å². The molecule has 0 saturated carbocycles. The molecule has 2 N–H and O–H groups in total. The van der Waals surface area contributed by atoms with Crippen LogP contribution in [0.15, 0.2) is 66.1 Å². The number of H-pyrrole nitrogens is 1. The van der Waals surface area contributed by atoms with Crippen LogP contribution in [-0.2, 0) is 23.9 Å². The second-order valence-corrected chi connectivity index (χ2v) is 10.3. The van der Waals surface area contributed by atoms with E-state index in [1.54, 1.807) is 10.9 Å². The molecule has 0 spiro atoms. The van der Waals surface area contributed by atoms with Gasteiger partial charge < -0.3 is 5.32 Å². The lowest BCUT2D eigenvalue weighted by Gasteiger charge is -2.31. The summed E-state index contributed by atoms with van der Waals surface area (Å²) in [7, 11) is 0. The molecule has 5 rings (SSSR count). The van der Waals surface area contributed by atoms with Crippen LogP contribution in [0.2, 0.25) is 0 Å². The van der Waals surface area contributed by atoms with E-state index >= 15 is 0 Å². The molecule has 0 radical (unpaired) electrons. The molecule has 1 aliphatic heterocycles. The third-order valence-corrected chi connectivity index (χ3v) is 6.71. The van der Waals surface area contributed by atoms with Gasteiger partial charge in [0, 0.05) is 29.5 Å². The maximum absolute atomic E-state index is 14.0. The van der Waals surface area contributed by atoms with Gasteiger partial charge in [-0.1, -0.05) is 43.7 Å². The first-order valence-corrected chi connectivity index (χ1v) is 12.5. The monoisotopic (exact) mass is 500 g/mol. The molecule has 0 atom stereocenters. The normalized spacial score (nSPS) is 14.7. The number of benzene rings is 1. The molecule has 0 saturated heterocycles. The van der Waals surface area contributed by atoms with Crippen molar-refractivity contribution in [3.63, 3.8) is 0 Å². The molecule has 11 heteroatoms. The van der Waals surface area contributed by atoms with Crippen molar-refractivity contribution in [2.45, 2.75) is 64.5 Å². The Balaban J connectivity index is 1.63. The zero-order chi connectivity index (χ0) is 26.0. The highest BCUT2D eigenvalue weighted by Crippen LogP contribution is 2.33. The zero-order valence-electron chi connectivity index (χ0n) is 21.6. The van der Waals surface area contributed by atoms with Crippen molar-refractivity contribution < 1.29 is 0 Å². The lowest BCUT2D eigenvalue weighted by atomic mass is 9.78. The molecule has 3 aromatic heterocycles. The van der Waals surface area contributed by atoms with Gasteiger partial charge in [0.2, 0.25) is 5.95 Å². The average Bonchev–Trinajstić information content (AvgIpc) is 3.65. The summed E-state index contributed by atoms with van der Waals surface area (Å²) in [6.45, 7) is 8.78. The van der Waals surface area contributed by atoms with Crippen molar-refractivity contribution in [1.82, 2.24) is 49.8 Å². The Morgan fingerprint density at radius 3 is 2.62 bits per heavy atom. The molecule has 11 nitrogen and oxygen atoms in total. The molecule has 0 fully saturated rings. The SMILES string of the molecule is CCCCc1cn(-c2nncn2C(C)(C)C)c(=O)n1CC1(c2cccc(-c3nnn[nH]3)c2)C=CNC=C1. The molecular formula is C26H32N10O. The zero-order valence-corrected chi connectivity index (χ0v) is 21.6. The van der Waals surface area contributed by atoms with E-state index in [-0.39, 0.29) is 11.2 Å². The van der Waals surface area contributed by atoms with Gasteiger partial charge in [0.15, 0.2) is 5.82 Å². The summed E-state index contributed by atoms with van der Waals surface area (Å²) in [6, 6.07) is 8.07. The molecule has 0 aliphatic carbocycles. The van der Waals surface area contributed by atoms with E-state index in [4.69, 9.17) is 0 Å². The Kier molecular flexibility index (Phi) is 6.36. The summed E-state index contributed by atoms with van der Waals surface area (Å²) >= 11 is 0. The number of nitrogens with one attached hydrogen (secondary N) is 2. The van der Waals surface area contributed by atoms with E-state index in [0.717, 1.165) is 36.1 Å². The number of unbranched alkanes of at least 4 members (excludes halogenated alkanes) is 1. The van der Waals surface area contributed by atoms with Gasteiger partial charge in [-0.25, -0.2) is 14.5 Å². The summed E-state index contributed by atoms with van der Waals surface area (Å²) in [5.41, 5.74) is 1.88. The Bertz CT molecular complexity index is 1470. The van der Waals surface area contributed by atoms with Crippen LogP contribution in [0.5, 0.6) is 0 Å². The van der Waals surface area contributed by atoms with Crippen molar-refractivity contribution in [3.8, 4) is 17.3 Å². The number of imidazole rings is 1. The number of rotatable bonds is 8. The van der Waals surface area contributed by atoms with Crippen LogP contribution in [0.3, 0.4) is 0 Å². The van der Waals surface area contributed by atoms with Crippen molar-refractivity contribution in [1.29, 1.82) is 0 Å². The first-order chi connectivity index (χ1) is 17.8. The summed E-state index contributed by atoms with van der Waals surface area (Å²) in [4.78, 5) is 14.0. The van der Waals surface area contributed by atoms with Crippen molar-refractivity contribution >= 4 is 0 Å². The van der Waals surface area contributed by atoms with Gasteiger partial charge >= 0.3 is 5.69 Å². The number of tetrazole rings is 1. The smallest absolute Gasteiger partial charge is 0.335 e. The summed E-state index contributed by atoms with van der Waals surface area (Å²) in [6.07, 6.45) is 14.4. The van der Waals surface area contributed by atoms with E-state index in [0.29, 0.717) is 18.3 Å². The van der Waals surface area contributed by atoms with Gasteiger partial charge in [-0.15, -0.1) is 15.3 Å². The van der Waals surface area contributed by atoms with Crippen LogP contribution in [0, 0.1) is 0 Å². The van der Waals surface area contributed by atoms with Gasteiger partial charge in [0.25, 0.3) is 0 Å². The Hall–Kier alpha value is -4.28. The molecule has 0 amide bonds. The third-order valence-electron chi connectivity index (χ3n) is 6.71. The minimum Gasteiger partial charge on any atom is -0.368 e. The fourth-order valence-electron chi connectivity index (χ4n) is 4.66. The van der Waals surface area contributed by atoms with Crippen molar-refractivity contribution in [3.05, 3.63) is 83.1 Å². The predicted octanol–water partition coefficient (Wildman–Crippen LogP) is 3.08. The topological polar surface area (TPSA) is 124 Å². The number of hydrogen-bond donors (Lipinski definition) is 2. The largest absolute Gasteiger partial charge is 0.368 e. The fourth-order valence-corrected chi connectivity index (χ4v) is 4.66. The molecule has 4 heterocycles. The number of allylic oxidation sites excluding steroid dienone is 2. The molecule has 4 aromatic rings. The number of aromatic nitrogens is 9. The van der Waals surface area contributed by atoms with Gasteiger partial charge in [-0.05, 0) is 68.1 Å². The van der Waals surface area contributed by atoms with Crippen LogP contribution in [0.1, 0.15) is 51.8 Å². The second kappa shape index (κ2) is 9.64. The van der Waals surface area contributed by atoms with Crippen LogP contribution in [0.25, 0.3) is 17.3 Å². The minimum atomic E-state index is -0.566. The third kappa shape index (κ3) is 4.64. The summed E-state index contributed by atoms with van der Waals surface area (Å²) in [5.74, 6) is 1.10. The number of aryl methyl sites for hydroxylation is 1. The van der Waals surface area contributed by atoms with E-state index in [9.17, 15) is 4.79 Å². The molecule has 192 valence electrons. The average molecular weight is 501 g/mol. The van der Waals surface area contributed by atoms with Gasteiger partial charge in [-0.2, -0.15) is 0 Å². The highest BCUT2D eigenvalue weighted by molar-refractivity contribution is 5.57. The fraction of sp³-hybridized carbons (Fsp3) is 0.385. The van der Waals surface area contributed by atoms with Crippen LogP contribution in [0.4, 0.5) is 0 Å². The number of nitrogens with zero attached hydrogens (tertiary/aromatic N) is 8. The highest BCUT2D eigenvalue weighted by atomic mass is 16.2.